The highest BCUT2D eigenvalue weighted by molar-refractivity contribution is 6.04. The lowest BCUT2D eigenvalue weighted by molar-refractivity contribution is -0.131. The van der Waals surface area contributed by atoms with Gasteiger partial charge in [0.15, 0.2) is 0 Å². The third kappa shape index (κ3) is 3.78. The Hall–Kier alpha value is -2.95. The average molecular weight is 268 g/mol. The first kappa shape index (κ1) is 13.5. The predicted molar refractivity (Wildman–Crippen MR) is 75.3 cm³/mol. The van der Waals surface area contributed by atoms with E-state index < -0.39 is 5.97 Å². The van der Waals surface area contributed by atoms with Gasteiger partial charge in [-0.1, -0.05) is 12.1 Å². The molecule has 5 nitrogen and oxygen atoms in total. The Morgan fingerprint density at radius 1 is 1.15 bits per heavy atom. The minimum atomic E-state index is -1.00. The second kappa shape index (κ2) is 6.29. The van der Waals surface area contributed by atoms with Crippen LogP contribution in [0.3, 0.4) is 0 Å². The Bertz CT molecular complexity index is 634. The molecule has 0 unspecified atom stereocenters. The normalized spacial score (nSPS) is 10.4. The van der Waals surface area contributed by atoms with Gasteiger partial charge in [-0.25, -0.2) is 4.79 Å². The number of benzene rings is 1. The van der Waals surface area contributed by atoms with Crippen molar-refractivity contribution in [2.24, 2.45) is 0 Å². The Morgan fingerprint density at radius 3 is 2.50 bits per heavy atom. The summed E-state index contributed by atoms with van der Waals surface area (Å²) < 4.78 is 0. The highest BCUT2D eigenvalue weighted by Crippen LogP contribution is 2.12. The van der Waals surface area contributed by atoms with Crippen molar-refractivity contribution >= 4 is 23.6 Å². The van der Waals surface area contributed by atoms with Gasteiger partial charge in [0.05, 0.1) is 5.56 Å². The van der Waals surface area contributed by atoms with Crippen LogP contribution >= 0.6 is 0 Å². The van der Waals surface area contributed by atoms with E-state index in [9.17, 15) is 9.59 Å². The third-order valence-corrected chi connectivity index (χ3v) is 2.51. The Kier molecular flexibility index (Phi) is 4.24. The quantitative estimate of drug-likeness (QED) is 0.835. The van der Waals surface area contributed by atoms with Crippen molar-refractivity contribution in [2.45, 2.75) is 0 Å². The molecule has 100 valence electrons. The minimum Gasteiger partial charge on any atom is -0.478 e. The molecule has 1 aromatic heterocycles. The number of rotatable bonds is 4. The summed E-state index contributed by atoms with van der Waals surface area (Å²) in [5, 5.41) is 11.3. The number of carboxylic acids is 1. The summed E-state index contributed by atoms with van der Waals surface area (Å²) in [6, 6.07) is 10.2. The molecule has 0 saturated carbocycles. The first-order valence-corrected chi connectivity index (χ1v) is 5.87. The van der Waals surface area contributed by atoms with E-state index in [0.717, 1.165) is 11.6 Å². The van der Waals surface area contributed by atoms with Gasteiger partial charge in [-0.2, -0.15) is 0 Å². The molecule has 2 rings (SSSR count). The van der Waals surface area contributed by atoms with E-state index in [1.54, 1.807) is 42.6 Å². The van der Waals surface area contributed by atoms with E-state index in [1.807, 2.05) is 0 Å². The number of hydrogen-bond acceptors (Lipinski definition) is 3. The van der Waals surface area contributed by atoms with Gasteiger partial charge >= 0.3 is 5.97 Å². The van der Waals surface area contributed by atoms with E-state index in [4.69, 9.17) is 5.11 Å². The Morgan fingerprint density at radius 2 is 1.90 bits per heavy atom. The van der Waals surface area contributed by atoms with Gasteiger partial charge in [0.2, 0.25) is 0 Å². The number of nitrogens with zero attached hydrogens (tertiary/aromatic N) is 1. The molecular weight excluding hydrogens is 256 g/mol. The largest absolute Gasteiger partial charge is 0.478 e. The molecule has 2 aromatic rings. The topological polar surface area (TPSA) is 79.3 Å². The predicted octanol–water partition coefficient (Wildman–Crippen LogP) is 2.43. The summed E-state index contributed by atoms with van der Waals surface area (Å²) in [6.45, 7) is 0. The SMILES string of the molecule is O=C(O)/C=C/c1ccc(NC(=O)c2cccnc2)cc1. The van der Waals surface area contributed by atoms with Gasteiger partial charge in [-0.15, -0.1) is 0 Å². The zero-order valence-electron chi connectivity index (χ0n) is 10.5. The Labute approximate surface area is 115 Å². The van der Waals surface area contributed by atoms with Crippen LogP contribution in [0.15, 0.2) is 54.9 Å². The first-order valence-electron chi connectivity index (χ1n) is 5.87. The fraction of sp³-hybridized carbons (Fsp3) is 0. The highest BCUT2D eigenvalue weighted by atomic mass is 16.4. The van der Waals surface area contributed by atoms with E-state index in [-0.39, 0.29) is 5.91 Å². The molecule has 1 aromatic carbocycles. The van der Waals surface area contributed by atoms with Crippen molar-refractivity contribution < 1.29 is 14.7 Å². The zero-order valence-corrected chi connectivity index (χ0v) is 10.5. The van der Waals surface area contributed by atoms with Crippen LogP contribution in [0.4, 0.5) is 5.69 Å². The fourth-order valence-electron chi connectivity index (χ4n) is 1.55. The fourth-order valence-corrected chi connectivity index (χ4v) is 1.55. The maximum absolute atomic E-state index is 11.9. The van der Waals surface area contributed by atoms with Crippen molar-refractivity contribution in [1.82, 2.24) is 4.98 Å². The number of carbonyl (C=O) groups is 2. The lowest BCUT2D eigenvalue weighted by Gasteiger charge is -2.05. The molecule has 5 heteroatoms. The average Bonchev–Trinajstić information content (AvgIpc) is 2.47. The van der Waals surface area contributed by atoms with E-state index in [2.05, 4.69) is 10.3 Å². The molecule has 0 fully saturated rings. The van der Waals surface area contributed by atoms with E-state index >= 15 is 0 Å². The van der Waals surface area contributed by atoms with E-state index in [0.29, 0.717) is 11.3 Å². The number of carbonyl (C=O) groups excluding carboxylic acids is 1. The summed E-state index contributed by atoms with van der Waals surface area (Å²) in [5.41, 5.74) is 1.85. The second-order valence-electron chi connectivity index (χ2n) is 3.99. The first-order chi connectivity index (χ1) is 9.65. The van der Waals surface area contributed by atoms with Crippen LogP contribution in [0.2, 0.25) is 0 Å². The van der Waals surface area contributed by atoms with Crippen LogP contribution < -0.4 is 5.32 Å². The van der Waals surface area contributed by atoms with Gasteiger partial charge < -0.3 is 10.4 Å². The standard InChI is InChI=1S/C15H12N2O3/c18-14(19)8-5-11-3-6-13(7-4-11)17-15(20)12-2-1-9-16-10-12/h1-10H,(H,17,20)(H,18,19)/b8-5+. The molecule has 0 aliphatic carbocycles. The lowest BCUT2D eigenvalue weighted by atomic mass is 10.2. The van der Waals surface area contributed by atoms with Crippen LogP contribution in [0.5, 0.6) is 0 Å². The van der Waals surface area contributed by atoms with Gasteiger partial charge in [-0.3, -0.25) is 9.78 Å². The summed E-state index contributed by atoms with van der Waals surface area (Å²) in [4.78, 5) is 26.1. The number of carboxylic acid groups (broad SMARTS) is 1. The number of aromatic nitrogens is 1. The smallest absolute Gasteiger partial charge is 0.328 e. The molecule has 0 aliphatic rings. The number of amides is 1. The molecule has 0 saturated heterocycles. The number of nitrogens with one attached hydrogen (secondary N) is 1. The van der Waals surface area contributed by atoms with Gasteiger partial charge in [0, 0.05) is 24.2 Å². The molecular formula is C15H12N2O3. The molecule has 1 amide bonds. The van der Waals surface area contributed by atoms with Crippen molar-refractivity contribution in [3.8, 4) is 0 Å². The van der Waals surface area contributed by atoms with Crippen LogP contribution in [0.1, 0.15) is 15.9 Å². The molecule has 0 spiro atoms. The lowest BCUT2D eigenvalue weighted by Crippen LogP contribution is -2.11. The van der Waals surface area contributed by atoms with Crippen LogP contribution in [0.25, 0.3) is 6.08 Å². The minimum absolute atomic E-state index is 0.244. The molecule has 0 aliphatic heterocycles. The molecule has 0 bridgehead atoms. The third-order valence-electron chi connectivity index (χ3n) is 2.51. The van der Waals surface area contributed by atoms with Crippen LogP contribution in [0, 0.1) is 0 Å². The molecule has 20 heavy (non-hydrogen) atoms. The monoisotopic (exact) mass is 268 g/mol. The molecule has 0 radical (unpaired) electrons. The zero-order chi connectivity index (χ0) is 14.4. The number of aliphatic carboxylic acids is 1. The van der Waals surface area contributed by atoms with E-state index in [1.165, 1.54) is 12.3 Å². The highest BCUT2D eigenvalue weighted by Gasteiger charge is 2.05. The van der Waals surface area contributed by atoms with Crippen LogP contribution in [-0.2, 0) is 4.79 Å². The summed E-state index contributed by atoms with van der Waals surface area (Å²) in [6.07, 6.45) is 5.62. The summed E-state index contributed by atoms with van der Waals surface area (Å²) in [7, 11) is 0. The van der Waals surface area contributed by atoms with Crippen LogP contribution in [-0.4, -0.2) is 22.0 Å². The van der Waals surface area contributed by atoms with Gasteiger partial charge in [0.1, 0.15) is 0 Å². The molecule has 0 atom stereocenters. The second-order valence-corrected chi connectivity index (χ2v) is 3.99. The molecule has 2 N–H and O–H groups in total. The number of hydrogen-bond donors (Lipinski definition) is 2. The molecule has 1 heterocycles. The van der Waals surface area contributed by atoms with Crippen molar-refractivity contribution in [1.29, 1.82) is 0 Å². The number of anilines is 1. The Balaban J connectivity index is 2.04. The van der Waals surface area contributed by atoms with Crippen molar-refractivity contribution in [3.63, 3.8) is 0 Å². The summed E-state index contributed by atoms with van der Waals surface area (Å²) in [5.74, 6) is -1.24. The van der Waals surface area contributed by atoms with Gasteiger partial charge in [-0.05, 0) is 35.9 Å². The van der Waals surface area contributed by atoms with Gasteiger partial charge in [0.25, 0.3) is 5.91 Å². The maximum atomic E-state index is 11.9. The number of pyridine rings is 1. The van der Waals surface area contributed by atoms with Crippen molar-refractivity contribution in [3.05, 3.63) is 66.0 Å². The summed E-state index contributed by atoms with van der Waals surface area (Å²) >= 11 is 0. The maximum Gasteiger partial charge on any atom is 0.328 e. The van der Waals surface area contributed by atoms with Crippen molar-refractivity contribution in [2.75, 3.05) is 5.32 Å².